The lowest BCUT2D eigenvalue weighted by Crippen LogP contribution is -2.19. The number of carboxylic acids is 1. The number of hydrogen-bond donors (Lipinski definition) is 2. The van der Waals surface area contributed by atoms with Crippen LogP contribution in [0, 0.1) is 0 Å². The molecule has 0 fully saturated rings. The van der Waals surface area contributed by atoms with Crippen molar-refractivity contribution in [1.29, 1.82) is 0 Å². The van der Waals surface area contributed by atoms with Gasteiger partial charge in [-0.25, -0.2) is 9.78 Å². The van der Waals surface area contributed by atoms with Gasteiger partial charge in [0.25, 0.3) is 0 Å². The van der Waals surface area contributed by atoms with Crippen LogP contribution in [0.1, 0.15) is 71.1 Å². The Balaban J connectivity index is 1.49. The molecule has 0 saturated carbocycles. The Morgan fingerprint density at radius 1 is 1.03 bits per heavy atom. The number of aryl methyl sites for hydroxylation is 1. The van der Waals surface area contributed by atoms with Gasteiger partial charge in [-0.3, -0.25) is 0 Å². The van der Waals surface area contributed by atoms with Gasteiger partial charge in [0.15, 0.2) is 0 Å². The molecule has 2 N–H and O–H groups in total. The van der Waals surface area contributed by atoms with E-state index in [2.05, 4.69) is 30.3 Å². The number of benzene rings is 3. The molecule has 0 bridgehead atoms. The van der Waals surface area contributed by atoms with E-state index in [1.54, 1.807) is 12.1 Å². The van der Waals surface area contributed by atoms with E-state index in [1.165, 1.54) is 5.56 Å². The van der Waals surface area contributed by atoms with Crippen molar-refractivity contribution in [3.05, 3.63) is 112 Å². The van der Waals surface area contributed by atoms with Crippen LogP contribution in [0.2, 0.25) is 5.02 Å². The average molecular weight is 560 g/mol. The molecule has 0 saturated heterocycles. The second-order valence-electron chi connectivity index (χ2n) is 10.4. The topological polar surface area (TPSA) is 70.4 Å². The molecule has 3 aromatic carbocycles. The molecule has 4 nitrogen and oxygen atoms in total. The monoisotopic (exact) mass is 559 g/mol. The summed E-state index contributed by atoms with van der Waals surface area (Å²) in [5, 5.41) is 21.7. The van der Waals surface area contributed by atoms with Gasteiger partial charge >= 0.3 is 5.97 Å². The van der Waals surface area contributed by atoms with E-state index in [-0.39, 0.29) is 5.25 Å². The maximum Gasteiger partial charge on any atom is 0.335 e. The minimum atomic E-state index is -0.884. The van der Waals surface area contributed by atoms with Crippen LogP contribution in [0.25, 0.3) is 23.1 Å². The molecular weight excluding hydrogens is 526 g/mol. The largest absolute Gasteiger partial charge is 0.478 e. The van der Waals surface area contributed by atoms with Crippen molar-refractivity contribution in [2.45, 2.75) is 50.4 Å². The highest BCUT2D eigenvalue weighted by Crippen LogP contribution is 2.36. The van der Waals surface area contributed by atoms with Crippen LogP contribution < -0.4 is 0 Å². The summed E-state index contributed by atoms with van der Waals surface area (Å²) in [6.45, 7) is 3.68. The Hall–Kier alpha value is -3.12. The summed E-state index contributed by atoms with van der Waals surface area (Å²) < 4.78 is 0. The Labute approximate surface area is 239 Å². The molecule has 1 aromatic heterocycles. The first-order valence-electron chi connectivity index (χ1n) is 13.2. The molecule has 1 heterocycles. The molecule has 6 heteroatoms. The molecule has 1 atom stereocenters. The second-order valence-corrected chi connectivity index (χ2v) is 12.1. The normalized spacial score (nSPS) is 12.7. The number of aliphatic hydroxyl groups is 1. The number of fused-ring (bicyclic) bond motifs is 1. The van der Waals surface area contributed by atoms with Crippen molar-refractivity contribution >= 4 is 52.4 Å². The Kier molecular flexibility index (Phi) is 9.84. The SMILES string of the molecule is CC(C)(O)CCSC(CCCc1ccccc1C(=O)O)c1cccc(/C=C/c2ccc3ccc(Cl)cc3n2)c1. The second kappa shape index (κ2) is 13.3. The predicted molar refractivity (Wildman–Crippen MR) is 165 cm³/mol. The number of carbonyl (C=O) groups is 1. The fourth-order valence-electron chi connectivity index (χ4n) is 4.47. The lowest BCUT2D eigenvalue weighted by Gasteiger charge is -2.21. The molecular formula is C33H34ClNO3S. The van der Waals surface area contributed by atoms with Crippen molar-refractivity contribution in [1.82, 2.24) is 4.98 Å². The molecule has 0 amide bonds. The van der Waals surface area contributed by atoms with Crippen molar-refractivity contribution < 1.29 is 15.0 Å². The van der Waals surface area contributed by atoms with E-state index in [1.807, 2.05) is 74.1 Å². The molecule has 0 aliphatic rings. The summed E-state index contributed by atoms with van der Waals surface area (Å²) in [5.74, 6) is -0.0473. The molecule has 0 radical (unpaired) electrons. The number of rotatable bonds is 12. The summed E-state index contributed by atoms with van der Waals surface area (Å²) in [4.78, 5) is 16.3. The van der Waals surface area contributed by atoms with E-state index in [4.69, 9.17) is 16.6 Å². The van der Waals surface area contributed by atoms with E-state index in [9.17, 15) is 15.0 Å². The third-order valence-electron chi connectivity index (χ3n) is 6.60. The highest BCUT2D eigenvalue weighted by molar-refractivity contribution is 7.99. The maximum absolute atomic E-state index is 11.6. The number of aromatic carboxylic acids is 1. The fraction of sp³-hybridized carbons (Fsp3) is 0.273. The summed E-state index contributed by atoms with van der Waals surface area (Å²) in [5.41, 5.74) is 4.58. The standard InChI is InChI=1S/C33H34ClNO3S/c1-33(2,38)19-20-39-31(12-6-9-24-8-3-4-11-29(24)32(36)37)26-10-5-7-23(21-26)13-17-28-18-15-25-14-16-27(34)22-30(25)35-28/h3-5,7-8,10-11,13-18,21-22,31,38H,6,9,12,19-20H2,1-2H3,(H,36,37)/b17-13+. The van der Waals surface area contributed by atoms with Crippen molar-refractivity contribution in [2.75, 3.05) is 5.75 Å². The zero-order valence-corrected chi connectivity index (χ0v) is 23.9. The predicted octanol–water partition coefficient (Wildman–Crippen LogP) is 8.72. The zero-order valence-electron chi connectivity index (χ0n) is 22.3. The number of nitrogens with zero attached hydrogens (tertiary/aromatic N) is 1. The number of aromatic nitrogens is 1. The van der Waals surface area contributed by atoms with Gasteiger partial charge in [0.2, 0.25) is 0 Å². The third-order valence-corrected chi connectivity index (χ3v) is 8.18. The molecule has 1 unspecified atom stereocenters. The lowest BCUT2D eigenvalue weighted by atomic mass is 9.99. The highest BCUT2D eigenvalue weighted by atomic mass is 35.5. The smallest absolute Gasteiger partial charge is 0.335 e. The van der Waals surface area contributed by atoms with Gasteiger partial charge in [0.05, 0.1) is 22.4 Å². The van der Waals surface area contributed by atoms with Crippen LogP contribution in [0.15, 0.2) is 78.9 Å². The number of pyridine rings is 1. The average Bonchev–Trinajstić information content (AvgIpc) is 2.90. The van der Waals surface area contributed by atoms with Crippen molar-refractivity contribution in [2.24, 2.45) is 0 Å². The Bertz CT molecular complexity index is 1460. The van der Waals surface area contributed by atoms with E-state index >= 15 is 0 Å². The van der Waals surface area contributed by atoms with E-state index in [0.29, 0.717) is 23.4 Å². The van der Waals surface area contributed by atoms with Gasteiger partial charge < -0.3 is 10.2 Å². The van der Waals surface area contributed by atoms with Crippen LogP contribution >= 0.6 is 23.4 Å². The van der Waals surface area contributed by atoms with Crippen molar-refractivity contribution in [3.8, 4) is 0 Å². The quantitative estimate of drug-likeness (QED) is 0.181. The minimum absolute atomic E-state index is 0.235. The minimum Gasteiger partial charge on any atom is -0.478 e. The van der Waals surface area contributed by atoms with Crippen LogP contribution in [0.3, 0.4) is 0 Å². The zero-order chi connectivity index (χ0) is 27.8. The van der Waals surface area contributed by atoms with Crippen LogP contribution in [-0.4, -0.2) is 32.5 Å². The summed E-state index contributed by atoms with van der Waals surface area (Å²) in [6.07, 6.45) is 7.27. The van der Waals surface area contributed by atoms with E-state index in [0.717, 1.165) is 46.3 Å². The summed E-state index contributed by atoms with van der Waals surface area (Å²) >= 11 is 7.99. The third kappa shape index (κ3) is 8.69. The lowest BCUT2D eigenvalue weighted by molar-refractivity contribution is 0.0695. The Morgan fingerprint density at radius 3 is 2.62 bits per heavy atom. The maximum atomic E-state index is 11.6. The number of halogens is 1. The first-order chi connectivity index (χ1) is 18.7. The highest BCUT2D eigenvalue weighted by Gasteiger charge is 2.17. The number of hydrogen-bond acceptors (Lipinski definition) is 4. The number of carboxylic acid groups (broad SMARTS) is 1. The molecule has 0 aliphatic carbocycles. The van der Waals surface area contributed by atoms with Gasteiger partial charge in [-0.1, -0.05) is 72.3 Å². The van der Waals surface area contributed by atoms with Gasteiger partial charge in [-0.2, -0.15) is 11.8 Å². The first kappa shape index (κ1) is 28.9. The van der Waals surface area contributed by atoms with Gasteiger partial charge in [-0.15, -0.1) is 0 Å². The number of thioether (sulfide) groups is 1. The molecule has 202 valence electrons. The molecule has 4 aromatic rings. The molecule has 0 aliphatic heterocycles. The van der Waals surface area contributed by atoms with Crippen LogP contribution in [0.5, 0.6) is 0 Å². The van der Waals surface area contributed by atoms with Gasteiger partial charge in [0, 0.05) is 15.7 Å². The van der Waals surface area contributed by atoms with Crippen molar-refractivity contribution in [3.63, 3.8) is 0 Å². The fourth-order valence-corrected chi connectivity index (χ4v) is 6.21. The van der Waals surface area contributed by atoms with Gasteiger partial charge in [0.1, 0.15) is 0 Å². The molecule has 4 rings (SSSR count). The van der Waals surface area contributed by atoms with Crippen LogP contribution in [-0.2, 0) is 6.42 Å². The summed E-state index contributed by atoms with van der Waals surface area (Å²) in [6, 6.07) is 25.5. The molecule has 39 heavy (non-hydrogen) atoms. The first-order valence-corrected chi connectivity index (χ1v) is 14.6. The van der Waals surface area contributed by atoms with E-state index < -0.39 is 11.6 Å². The van der Waals surface area contributed by atoms with Crippen LogP contribution in [0.4, 0.5) is 0 Å². The van der Waals surface area contributed by atoms with Gasteiger partial charge in [-0.05, 0) is 92.3 Å². The Morgan fingerprint density at radius 2 is 1.82 bits per heavy atom. The molecule has 0 spiro atoms. The summed E-state index contributed by atoms with van der Waals surface area (Å²) in [7, 11) is 0.